The maximum absolute atomic E-state index is 13.2. The number of halogens is 3. The van der Waals surface area contributed by atoms with E-state index in [4.69, 9.17) is 23.2 Å². The standard InChI is InChI=1S/C24H17Cl2FN4O2S/c25-17-11-16(12-18(26)13-17)21(32)28-20(10-14-4-2-1-3-5-14)22(33)29-24-31-30-23(34-24)15-6-8-19(27)9-7-15/h1-9,11-13,20H,10H2,(H,28,32)(H,29,31,33)/t20-/m0/s1. The molecule has 0 saturated carbocycles. The van der Waals surface area contributed by atoms with Crippen molar-refractivity contribution < 1.29 is 14.0 Å². The molecule has 4 aromatic rings. The molecule has 2 N–H and O–H groups in total. The summed E-state index contributed by atoms with van der Waals surface area (Å²) in [6.07, 6.45) is 0.246. The van der Waals surface area contributed by atoms with Gasteiger partial charge in [-0.15, -0.1) is 10.2 Å². The Morgan fingerprint density at radius 3 is 2.29 bits per heavy atom. The van der Waals surface area contributed by atoms with E-state index in [1.54, 1.807) is 12.1 Å². The third-order valence-corrected chi connectivity index (χ3v) is 6.10. The number of rotatable bonds is 7. The van der Waals surface area contributed by atoms with Gasteiger partial charge in [-0.2, -0.15) is 0 Å². The van der Waals surface area contributed by atoms with Crippen LogP contribution in [0.15, 0.2) is 72.8 Å². The SMILES string of the molecule is O=C(N[C@@H](Cc1ccccc1)C(=O)Nc1nnc(-c2ccc(F)cc2)s1)c1cc(Cl)cc(Cl)c1. The predicted molar refractivity (Wildman–Crippen MR) is 132 cm³/mol. The third-order valence-electron chi connectivity index (χ3n) is 4.78. The second kappa shape index (κ2) is 10.7. The maximum Gasteiger partial charge on any atom is 0.252 e. The zero-order valence-corrected chi connectivity index (χ0v) is 19.8. The Hall–Kier alpha value is -3.33. The predicted octanol–water partition coefficient (Wildman–Crippen LogP) is 5.63. The van der Waals surface area contributed by atoms with Crippen LogP contribution in [0, 0.1) is 5.82 Å². The fourth-order valence-electron chi connectivity index (χ4n) is 3.16. The van der Waals surface area contributed by atoms with Crippen molar-refractivity contribution in [3.63, 3.8) is 0 Å². The van der Waals surface area contributed by atoms with Gasteiger partial charge in [-0.3, -0.25) is 14.9 Å². The fourth-order valence-corrected chi connectivity index (χ4v) is 4.44. The molecule has 4 rings (SSSR count). The number of hydrogen-bond donors (Lipinski definition) is 2. The van der Waals surface area contributed by atoms with Gasteiger partial charge in [-0.1, -0.05) is 64.9 Å². The molecule has 0 bridgehead atoms. The zero-order valence-electron chi connectivity index (χ0n) is 17.5. The van der Waals surface area contributed by atoms with E-state index < -0.39 is 17.9 Å². The lowest BCUT2D eigenvalue weighted by Crippen LogP contribution is -2.45. The van der Waals surface area contributed by atoms with Gasteiger partial charge in [-0.05, 0) is 48.0 Å². The van der Waals surface area contributed by atoms with Gasteiger partial charge in [0.2, 0.25) is 11.0 Å². The number of nitrogens with one attached hydrogen (secondary N) is 2. The van der Waals surface area contributed by atoms with E-state index in [-0.39, 0.29) is 22.9 Å². The number of hydrogen-bond acceptors (Lipinski definition) is 5. The highest BCUT2D eigenvalue weighted by Gasteiger charge is 2.24. The summed E-state index contributed by atoms with van der Waals surface area (Å²) in [6, 6.07) is 18.6. The summed E-state index contributed by atoms with van der Waals surface area (Å²) < 4.78 is 13.2. The van der Waals surface area contributed by atoms with E-state index in [2.05, 4.69) is 20.8 Å². The molecule has 6 nitrogen and oxygen atoms in total. The molecule has 1 aromatic heterocycles. The van der Waals surface area contributed by atoms with Crippen LogP contribution in [0.25, 0.3) is 10.6 Å². The Balaban J connectivity index is 1.53. The Kier molecular flexibility index (Phi) is 7.52. The smallest absolute Gasteiger partial charge is 0.252 e. The number of aromatic nitrogens is 2. The second-order valence-electron chi connectivity index (χ2n) is 7.28. The average Bonchev–Trinajstić information content (AvgIpc) is 3.27. The van der Waals surface area contributed by atoms with Gasteiger partial charge in [0, 0.05) is 27.6 Å². The van der Waals surface area contributed by atoms with Crippen molar-refractivity contribution in [2.24, 2.45) is 0 Å². The van der Waals surface area contributed by atoms with E-state index in [1.165, 1.54) is 30.3 Å². The molecule has 10 heteroatoms. The molecule has 0 fully saturated rings. The summed E-state index contributed by atoms with van der Waals surface area (Å²) in [5, 5.41) is 14.9. The monoisotopic (exact) mass is 514 g/mol. The van der Waals surface area contributed by atoms with Crippen molar-refractivity contribution in [2.45, 2.75) is 12.5 Å². The number of carbonyl (C=O) groups excluding carboxylic acids is 2. The number of amides is 2. The van der Waals surface area contributed by atoms with Gasteiger partial charge >= 0.3 is 0 Å². The first-order chi connectivity index (χ1) is 16.4. The molecule has 1 atom stereocenters. The van der Waals surface area contributed by atoms with Crippen LogP contribution in [0.1, 0.15) is 15.9 Å². The van der Waals surface area contributed by atoms with Gasteiger partial charge in [0.1, 0.15) is 16.9 Å². The molecule has 0 aliphatic rings. The van der Waals surface area contributed by atoms with Crippen LogP contribution in [-0.2, 0) is 11.2 Å². The van der Waals surface area contributed by atoms with Crippen molar-refractivity contribution >= 4 is 51.5 Å². The van der Waals surface area contributed by atoms with Gasteiger partial charge in [0.15, 0.2) is 0 Å². The zero-order chi connectivity index (χ0) is 24.1. The molecular formula is C24H17Cl2FN4O2S. The molecule has 0 saturated heterocycles. The number of carbonyl (C=O) groups is 2. The van der Waals surface area contributed by atoms with Gasteiger partial charge < -0.3 is 5.32 Å². The minimum atomic E-state index is -0.911. The molecule has 172 valence electrons. The number of benzene rings is 3. The molecule has 1 heterocycles. The topological polar surface area (TPSA) is 84.0 Å². The quantitative estimate of drug-likeness (QED) is 0.334. The lowest BCUT2D eigenvalue weighted by atomic mass is 10.0. The summed E-state index contributed by atoms with van der Waals surface area (Å²) in [4.78, 5) is 26.0. The summed E-state index contributed by atoms with van der Waals surface area (Å²) in [7, 11) is 0. The highest BCUT2D eigenvalue weighted by atomic mass is 35.5. The van der Waals surface area contributed by atoms with Crippen LogP contribution >= 0.6 is 34.5 Å². The maximum atomic E-state index is 13.2. The van der Waals surface area contributed by atoms with Crippen molar-refractivity contribution in [1.82, 2.24) is 15.5 Å². The molecule has 0 aliphatic carbocycles. The molecular weight excluding hydrogens is 498 g/mol. The van der Waals surface area contributed by atoms with Crippen LogP contribution in [0.5, 0.6) is 0 Å². The first-order valence-corrected chi connectivity index (χ1v) is 11.7. The first kappa shape index (κ1) is 23.8. The number of anilines is 1. The van der Waals surface area contributed by atoms with Crippen molar-refractivity contribution in [2.75, 3.05) is 5.32 Å². The molecule has 0 unspecified atom stereocenters. The van der Waals surface area contributed by atoms with E-state index in [9.17, 15) is 14.0 Å². The van der Waals surface area contributed by atoms with Crippen LogP contribution in [-0.4, -0.2) is 28.1 Å². The van der Waals surface area contributed by atoms with Crippen molar-refractivity contribution in [1.29, 1.82) is 0 Å². The second-order valence-corrected chi connectivity index (χ2v) is 9.13. The fraction of sp³-hybridized carbons (Fsp3) is 0.0833. The molecule has 2 amide bonds. The van der Waals surface area contributed by atoms with Crippen LogP contribution in [0.3, 0.4) is 0 Å². The van der Waals surface area contributed by atoms with Crippen molar-refractivity contribution in [3.8, 4) is 10.6 Å². The number of nitrogens with zero attached hydrogens (tertiary/aromatic N) is 2. The lowest BCUT2D eigenvalue weighted by molar-refractivity contribution is -0.118. The largest absolute Gasteiger partial charge is 0.340 e. The third kappa shape index (κ3) is 6.17. The molecule has 0 aliphatic heterocycles. The summed E-state index contributed by atoms with van der Waals surface area (Å²) in [5.74, 6) is -1.32. The van der Waals surface area contributed by atoms with Crippen LogP contribution in [0.2, 0.25) is 10.0 Å². The normalized spacial score (nSPS) is 11.6. The average molecular weight is 515 g/mol. The van der Waals surface area contributed by atoms with Crippen LogP contribution < -0.4 is 10.6 Å². The Morgan fingerprint density at radius 2 is 1.62 bits per heavy atom. The van der Waals surface area contributed by atoms with E-state index in [1.807, 2.05) is 30.3 Å². The first-order valence-electron chi connectivity index (χ1n) is 10.1. The van der Waals surface area contributed by atoms with Gasteiger partial charge in [-0.25, -0.2) is 4.39 Å². The molecule has 34 heavy (non-hydrogen) atoms. The van der Waals surface area contributed by atoms with Crippen LogP contribution in [0.4, 0.5) is 9.52 Å². The molecule has 0 spiro atoms. The summed E-state index contributed by atoms with van der Waals surface area (Å²) >= 11 is 13.2. The molecule has 0 radical (unpaired) electrons. The van der Waals surface area contributed by atoms with Gasteiger partial charge in [0.05, 0.1) is 0 Å². The summed E-state index contributed by atoms with van der Waals surface area (Å²) in [5.41, 5.74) is 1.76. The Bertz CT molecular complexity index is 1300. The Morgan fingerprint density at radius 1 is 0.941 bits per heavy atom. The lowest BCUT2D eigenvalue weighted by Gasteiger charge is -2.18. The van der Waals surface area contributed by atoms with E-state index in [0.717, 1.165) is 16.9 Å². The summed E-state index contributed by atoms with van der Waals surface area (Å²) in [6.45, 7) is 0. The van der Waals surface area contributed by atoms with Crippen molar-refractivity contribution in [3.05, 3.63) is 99.8 Å². The highest BCUT2D eigenvalue weighted by Crippen LogP contribution is 2.26. The minimum absolute atomic E-state index is 0.234. The van der Waals surface area contributed by atoms with E-state index >= 15 is 0 Å². The minimum Gasteiger partial charge on any atom is -0.340 e. The highest BCUT2D eigenvalue weighted by molar-refractivity contribution is 7.18. The molecule has 3 aromatic carbocycles. The van der Waals surface area contributed by atoms with Gasteiger partial charge in [0.25, 0.3) is 5.91 Å². The van der Waals surface area contributed by atoms with E-state index in [0.29, 0.717) is 20.6 Å². The Labute approximate surface area is 208 Å².